The van der Waals surface area contributed by atoms with Crippen LogP contribution in [0.5, 0.6) is 0 Å². The van der Waals surface area contributed by atoms with E-state index in [-0.39, 0.29) is 21.2 Å². The molecular formula is C21H18ClFN2O3S. The van der Waals surface area contributed by atoms with Crippen LogP contribution in [-0.4, -0.2) is 14.3 Å². The second kappa shape index (κ2) is 8.23. The maximum absolute atomic E-state index is 13.8. The number of carbonyl (C=O) groups is 1. The topological polar surface area (TPSA) is 75.3 Å². The molecule has 0 aliphatic rings. The minimum Gasteiger partial charge on any atom is -0.319 e. The first-order valence-electron chi connectivity index (χ1n) is 8.63. The van der Waals surface area contributed by atoms with Crippen LogP contribution >= 0.6 is 11.6 Å². The molecule has 0 atom stereocenters. The summed E-state index contributed by atoms with van der Waals surface area (Å²) in [4.78, 5) is 12.2. The van der Waals surface area contributed by atoms with Crippen molar-refractivity contribution in [1.29, 1.82) is 0 Å². The Balaban J connectivity index is 1.90. The Hall–Kier alpha value is -2.90. The van der Waals surface area contributed by atoms with Gasteiger partial charge < -0.3 is 5.32 Å². The number of hydrogen-bond donors (Lipinski definition) is 2. The molecule has 3 rings (SSSR count). The van der Waals surface area contributed by atoms with Crippen molar-refractivity contribution in [3.05, 3.63) is 88.2 Å². The zero-order chi connectivity index (χ0) is 21.2. The number of benzene rings is 3. The van der Waals surface area contributed by atoms with Gasteiger partial charge >= 0.3 is 0 Å². The van der Waals surface area contributed by atoms with Gasteiger partial charge in [-0.2, -0.15) is 0 Å². The number of amides is 1. The molecule has 0 unspecified atom stereocenters. The highest BCUT2D eigenvalue weighted by Crippen LogP contribution is 2.26. The van der Waals surface area contributed by atoms with Crippen LogP contribution in [0.15, 0.2) is 65.6 Å². The van der Waals surface area contributed by atoms with Crippen molar-refractivity contribution in [3.63, 3.8) is 0 Å². The van der Waals surface area contributed by atoms with E-state index >= 15 is 0 Å². The van der Waals surface area contributed by atoms with Crippen LogP contribution in [-0.2, 0) is 10.0 Å². The molecular weight excluding hydrogens is 415 g/mol. The lowest BCUT2D eigenvalue weighted by atomic mass is 10.1. The Morgan fingerprint density at radius 2 is 1.69 bits per heavy atom. The van der Waals surface area contributed by atoms with E-state index in [4.69, 9.17) is 11.6 Å². The lowest BCUT2D eigenvalue weighted by Crippen LogP contribution is -2.17. The molecule has 0 saturated heterocycles. The van der Waals surface area contributed by atoms with Crippen molar-refractivity contribution in [3.8, 4) is 0 Å². The SMILES string of the molecule is Cc1ccc(NS(=O)(=O)c2cc(C(=O)Nc3ccccc3F)ccc2Cl)cc1C. The molecule has 29 heavy (non-hydrogen) atoms. The van der Waals surface area contributed by atoms with Crippen molar-refractivity contribution < 1.29 is 17.6 Å². The van der Waals surface area contributed by atoms with E-state index in [0.29, 0.717) is 5.69 Å². The third kappa shape index (κ3) is 4.75. The molecule has 2 N–H and O–H groups in total. The summed E-state index contributed by atoms with van der Waals surface area (Å²) in [6, 6.07) is 14.7. The average molecular weight is 433 g/mol. The van der Waals surface area contributed by atoms with Crippen LogP contribution in [0.4, 0.5) is 15.8 Å². The highest BCUT2D eigenvalue weighted by molar-refractivity contribution is 7.92. The van der Waals surface area contributed by atoms with Crippen molar-refractivity contribution in [2.24, 2.45) is 0 Å². The Labute approximate surface area is 173 Å². The quantitative estimate of drug-likeness (QED) is 0.585. The molecule has 8 heteroatoms. The number of hydrogen-bond acceptors (Lipinski definition) is 3. The van der Waals surface area contributed by atoms with Gasteiger partial charge in [0.05, 0.1) is 10.7 Å². The zero-order valence-electron chi connectivity index (χ0n) is 15.7. The van der Waals surface area contributed by atoms with Crippen LogP contribution in [0.2, 0.25) is 5.02 Å². The molecule has 0 aromatic heterocycles. The lowest BCUT2D eigenvalue weighted by molar-refractivity contribution is 0.102. The monoisotopic (exact) mass is 432 g/mol. The molecule has 0 saturated carbocycles. The largest absolute Gasteiger partial charge is 0.319 e. The minimum atomic E-state index is -4.05. The molecule has 0 aliphatic carbocycles. The predicted octanol–water partition coefficient (Wildman–Crippen LogP) is 5.15. The van der Waals surface area contributed by atoms with Gasteiger partial charge in [-0.05, 0) is 67.4 Å². The number of sulfonamides is 1. The molecule has 0 fully saturated rings. The molecule has 3 aromatic rings. The lowest BCUT2D eigenvalue weighted by Gasteiger charge is -2.12. The van der Waals surface area contributed by atoms with E-state index in [1.54, 1.807) is 24.3 Å². The van der Waals surface area contributed by atoms with Gasteiger partial charge in [-0.15, -0.1) is 0 Å². The fourth-order valence-corrected chi connectivity index (χ4v) is 4.20. The standard InChI is InChI=1S/C21H18ClFN2O3S/c1-13-7-9-16(11-14(13)2)25-29(27,28)20-12-15(8-10-17(20)22)21(26)24-19-6-4-3-5-18(19)23/h3-12,25H,1-2H3,(H,24,26). The minimum absolute atomic E-state index is 0.00915. The third-order valence-electron chi connectivity index (χ3n) is 4.36. The Morgan fingerprint density at radius 3 is 2.38 bits per heavy atom. The summed E-state index contributed by atoms with van der Waals surface area (Å²) in [5.41, 5.74) is 2.35. The van der Waals surface area contributed by atoms with Crippen LogP contribution in [0.25, 0.3) is 0 Å². The van der Waals surface area contributed by atoms with E-state index in [0.717, 1.165) is 17.2 Å². The first kappa shape index (κ1) is 20.8. The van der Waals surface area contributed by atoms with Crippen LogP contribution in [0, 0.1) is 19.7 Å². The highest BCUT2D eigenvalue weighted by Gasteiger charge is 2.21. The van der Waals surface area contributed by atoms with Gasteiger partial charge in [0.1, 0.15) is 10.7 Å². The van der Waals surface area contributed by atoms with E-state index < -0.39 is 21.7 Å². The number of aryl methyl sites for hydroxylation is 2. The van der Waals surface area contributed by atoms with Gasteiger partial charge in [-0.1, -0.05) is 29.8 Å². The number of carbonyl (C=O) groups excluding carboxylic acids is 1. The summed E-state index contributed by atoms with van der Waals surface area (Å²) in [6.07, 6.45) is 0. The summed E-state index contributed by atoms with van der Waals surface area (Å²) < 4.78 is 41.9. The van der Waals surface area contributed by atoms with Gasteiger partial charge in [0.15, 0.2) is 0 Å². The summed E-state index contributed by atoms with van der Waals surface area (Å²) in [6.45, 7) is 3.79. The molecule has 0 heterocycles. The van der Waals surface area contributed by atoms with Crippen molar-refractivity contribution in [2.75, 3.05) is 10.0 Å². The molecule has 3 aromatic carbocycles. The van der Waals surface area contributed by atoms with Crippen molar-refractivity contribution >= 4 is 38.9 Å². The van der Waals surface area contributed by atoms with Gasteiger partial charge in [-0.3, -0.25) is 9.52 Å². The number of nitrogens with one attached hydrogen (secondary N) is 2. The van der Waals surface area contributed by atoms with Crippen LogP contribution in [0.3, 0.4) is 0 Å². The number of anilines is 2. The number of para-hydroxylation sites is 1. The third-order valence-corrected chi connectivity index (χ3v) is 6.23. The molecule has 0 spiro atoms. The summed E-state index contributed by atoms with van der Waals surface area (Å²) in [5.74, 6) is -1.26. The maximum Gasteiger partial charge on any atom is 0.263 e. The normalized spacial score (nSPS) is 11.2. The molecule has 0 bridgehead atoms. The zero-order valence-corrected chi connectivity index (χ0v) is 17.2. The maximum atomic E-state index is 13.8. The van der Waals surface area contributed by atoms with E-state index in [1.165, 1.54) is 30.3 Å². The number of rotatable bonds is 5. The molecule has 150 valence electrons. The van der Waals surface area contributed by atoms with E-state index in [2.05, 4.69) is 10.0 Å². The molecule has 5 nitrogen and oxygen atoms in total. The summed E-state index contributed by atoms with van der Waals surface area (Å²) in [7, 11) is -4.05. The second-order valence-electron chi connectivity index (χ2n) is 6.48. The van der Waals surface area contributed by atoms with Crippen molar-refractivity contribution in [1.82, 2.24) is 0 Å². The molecule has 0 aliphatic heterocycles. The highest BCUT2D eigenvalue weighted by atomic mass is 35.5. The Bertz CT molecular complexity index is 1200. The fourth-order valence-electron chi connectivity index (χ4n) is 2.62. The predicted molar refractivity (Wildman–Crippen MR) is 113 cm³/mol. The first-order chi connectivity index (χ1) is 13.7. The summed E-state index contributed by atoms with van der Waals surface area (Å²) in [5, 5.41) is 2.38. The van der Waals surface area contributed by atoms with Gasteiger partial charge in [-0.25, -0.2) is 12.8 Å². The second-order valence-corrected chi connectivity index (χ2v) is 8.54. The van der Waals surface area contributed by atoms with Gasteiger partial charge in [0, 0.05) is 11.3 Å². The van der Waals surface area contributed by atoms with Gasteiger partial charge in [0.2, 0.25) is 0 Å². The average Bonchev–Trinajstić information content (AvgIpc) is 2.66. The molecule has 1 amide bonds. The first-order valence-corrected chi connectivity index (χ1v) is 10.5. The fraction of sp³-hybridized carbons (Fsp3) is 0.0952. The smallest absolute Gasteiger partial charge is 0.263 e. The van der Waals surface area contributed by atoms with Gasteiger partial charge in [0.25, 0.3) is 15.9 Å². The Morgan fingerprint density at radius 1 is 0.966 bits per heavy atom. The van der Waals surface area contributed by atoms with Crippen molar-refractivity contribution in [2.45, 2.75) is 18.7 Å². The molecule has 0 radical (unpaired) electrons. The van der Waals surface area contributed by atoms with Crippen LogP contribution < -0.4 is 10.0 Å². The Kier molecular flexibility index (Phi) is 5.91. The van der Waals surface area contributed by atoms with E-state index in [1.807, 2.05) is 13.8 Å². The number of halogens is 2. The van der Waals surface area contributed by atoms with Crippen LogP contribution in [0.1, 0.15) is 21.5 Å². The van der Waals surface area contributed by atoms with E-state index in [9.17, 15) is 17.6 Å². The summed E-state index contributed by atoms with van der Waals surface area (Å²) >= 11 is 6.08.